The Labute approximate surface area is 78.3 Å². The van der Waals surface area contributed by atoms with E-state index in [1.807, 2.05) is 37.3 Å². The quantitative estimate of drug-likeness (QED) is 0.682. The van der Waals surface area contributed by atoms with E-state index in [9.17, 15) is 4.79 Å². The van der Waals surface area contributed by atoms with Crippen molar-refractivity contribution in [1.82, 2.24) is 5.32 Å². The molecule has 0 aliphatic rings. The Bertz CT molecular complexity index is 329. The van der Waals surface area contributed by atoms with Crippen molar-refractivity contribution in [2.45, 2.75) is 6.92 Å². The number of amides is 1. The number of benzene rings is 1. The highest BCUT2D eigenvalue weighted by Crippen LogP contribution is 2.08. The number of carbonyl (C=O) groups excluding carboxylic acids is 1. The number of rotatable bonds is 2. The average Bonchev–Trinajstić information content (AvgIpc) is 2.16. The van der Waals surface area contributed by atoms with Crippen molar-refractivity contribution in [2.75, 3.05) is 7.05 Å². The van der Waals surface area contributed by atoms with Crippen LogP contribution >= 0.6 is 0 Å². The molecule has 0 atom stereocenters. The molecular weight excluding hydrogens is 162 g/mol. The lowest BCUT2D eigenvalue weighted by molar-refractivity contribution is -0.115. The Morgan fingerprint density at radius 1 is 1.38 bits per heavy atom. The molecule has 2 nitrogen and oxygen atoms in total. The maximum absolute atomic E-state index is 10.9. The third-order valence-electron chi connectivity index (χ3n) is 1.85. The van der Waals surface area contributed by atoms with Crippen LogP contribution < -0.4 is 5.32 Å². The first-order valence-electron chi connectivity index (χ1n) is 4.19. The van der Waals surface area contributed by atoms with E-state index >= 15 is 0 Å². The zero-order chi connectivity index (χ0) is 9.68. The predicted molar refractivity (Wildman–Crippen MR) is 54.3 cm³/mol. The second-order valence-electron chi connectivity index (χ2n) is 2.80. The van der Waals surface area contributed by atoms with E-state index in [-0.39, 0.29) is 5.91 Å². The molecule has 1 aromatic carbocycles. The normalized spacial score (nSPS) is 10.3. The van der Waals surface area contributed by atoms with Crippen molar-refractivity contribution in [3.8, 4) is 0 Å². The summed E-state index contributed by atoms with van der Waals surface area (Å²) >= 11 is 0. The van der Waals surface area contributed by atoms with Crippen LogP contribution in [0.15, 0.2) is 30.3 Å². The summed E-state index contributed by atoms with van der Waals surface area (Å²) in [5.74, 6) is -0.0803. The van der Waals surface area contributed by atoms with Crippen molar-refractivity contribution >= 4 is 12.0 Å². The monoisotopic (exact) mass is 175 g/mol. The Balaban J connectivity index is 2.80. The Morgan fingerprint density at radius 3 is 2.69 bits per heavy atom. The van der Waals surface area contributed by atoms with Crippen LogP contribution in [0.3, 0.4) is 0 Å². The van der Waals surface area contributed by atoms with E-state index in [1.54, 1.807) is 7.05 Å². The zero-order valence-electron chi connectivity index (χ0n) is 7.87. The Morgan fingerprint density at radius 2 is 2.08 bits per heavy atom. The summed E-state index contributed by atoms with van der Waals surface area (Å²) in [6.45, 7) is 2.02. The van der Waals surface area contributed by atoms with Gasteiger partial charge in [0, 0.05) is 13.1 Å². The average molecular weight is 175 g/mol. The van der Waals surface area contributed by atoms with Gasteiger partial charge in [0.25, 0.3) is 0 Å². The lowest BCUT2D eigenvalue weighted by Crippen LogP contribution is -2.13. The fraction of sp³-hybridized carbons (Fsp3) is 0.182. The van der Waals surface area contributed by atoms with Gasteiger partial charge < -0.3 is 5.32 Å². The largest absolute Gasteiger partial charge is 0.356 e. The number of hydrogen-bond acceptors (Lipinski definition) is 1. The molecule has 68 valence electrons. The van der Waals surface area contributed by atoms with Gasteiger partial charge in [-0.05, 0) is 24.1 Å². The second-order valence-corrected chi connectivity index (χ2v) is 2.80. The number of likely N-dealkylation sites (N-methyl/N-ethyl adjacent to an activating group) is 1. The number of aryl methyl sites for hydroxylation is 1. The summed E-state index contributed by atoms with van der Waals surface area (Å²) in [5, 5.41) is 2.53. The van der Waals surface area contributed by atoms with Gasteiger partial charge in [0.15, 0.2) is 0 Å². The summed E-state index contributed by atoms with van der Waals surface area (Å²) in [6.07, 6.45) is 3.34. The van der Waals surface area contributed by atoms with Gasteiger partial charge in [-0.25, -0.2) is 0 Å². The summed E-state index contributed by atoms with van der Waals surface area (Å²) in [4.78, 5) is 10.9. The Kier molecular flexibility index (Phi) is 3.26. The molecule has 0 aliphatic heterocycles. The molecule has 1 rings (SSSR count). The molecule has 0 saturated carbocycles. The van der Waals surface area contributed by atoms with E-state index < -0.39 is 0 Å². The standard InChI is InChI=1S/C11H13NO/c1-9-5-3-4-6-10(9)7-8-11(13)12-2/h3-8H,1-2H3,(H,12,13)/b8-7+. The molecule has 0 radical (unpaired) electrons. The zero-order valence-corrected chi connectivity index (χ0v) is 7.87. The molecule has 0 bridgehead atoms. The molecule has 1 N–H and O–H groups in total. The number of hydrogen-bond donors (Lipinski definition) is 1. The van der Waals surface area contributed by atoms with Crippen molar-refractivity contribution in [2.24, 2.45) is 0 Å². The summed E-state index contributed by atoms with van der Waals surface area (Å²) in [5.41, 5.74) is 2.24. The van der Waals surface area contributed by atoms with Gasteiger partial charge in [0.1, 0.15) is 0 Å². The van der Waals surface area contributed by atoms with E-state index in [0.717, 1.165) is 5.56 Å². The fourth-order valence-corrected chi connectivity index (χ4v) is 1.02. The third kappa shape index (κ3) is 2.75. The SMILES string of the molecule is CNC(=O)/C=C/c1ccccc1C. The lowest BCUT2D eigenvalue weighted by Gasteiger charge is -1.97. The minimum Gasteiger partial charge on any atom is -0.356 e. The topological polar surface area (TPSA) is 29.1 Å². The van der Waals surface area contributed by atoms with Gasteiger partial charge in [0.05, 0.1) is 0 Å². The van der Waals surface area contributed by atoms with E-state index in [0.29, 0.717) is 0 Å². The first kappa shape index (κ1) is 9.52. The van der Waals surface area contributed by atoms with Crippen LogP contribution in [0.4, 0.5) is 0 Å². The highest BCUT2D eigenvalue weighted by molar-refractivity contribution is 5.91. The fourth-order valence-electron chi connectivity index (χ4n) is 1.02. The van der Waals surface area contributed by atoms with Crippen molar-refractivity contribution in [3.05, 3.63) is 41.5 Å². The molecule has 1 aromatic rings. The van der Waals surface area contributed by atoms with Gasteiger partial charge in [0.2, 0.25) is 5.91 Å². The maximum atomic E-state index is 10.9. The maximum Gasteiger partial charge on any atom is 0.243 e. The minimum absolute atomic E-state index is 0.0803. The van der Waals surface area contributed by atoms with E-state index in [1.165, 1.54) is 11.6 Å². The smallest absolute Gasteiger partial charge is 0.243 e. The van der Waals surface area contributed by atoms with E-state index in [2.05, 4.69) is 5.32 Å². The van der Waals surface area contributed by atoms with Crippen LogP contribution in [0.25, 0.3) is 6.08 Å². The van der Waals surface area contributed by atoms with Gasteiger partial charge in [-0.15, -0.1) is 0 Å². The molecular formula is C11H13NO. The minimum atomic E-state index is -0.0803. The molecule has 0 aromatic heterocycles. The van der Waals surface area contributed by atoms with Crippen molar-refractivity contribution in [3.63, 3.8) is 0 Å². The third-order valence-corrected chi connectivity index (χ3v) is 1.85. The van der Waals surface area contributed by atoms with Crippen LogP contribution in [0.5, 0.6) is 0 Å². The molecule has 0 heterocycles. The second kappa shape index (κ2) is 4.45. The molecule has 2 heteroatoms. The van der Waals surface area contributed by atoms with E-state index in [4.69, 9.17) is 0 Å². The van der Waals surface area contributed by atoms with Gasteiger partial charge in [-0.3, -0.25) is 4.79 Å². The summed E-state index contributed by atoms with van der Waals surface area (Å²) in [6, 6.07) is 7.93. The van der Waals surface area contributed by atoms with Crippen LogP contribution in [0, 0.1) is 6.92 Å². The number of nitrogens with one attached hydrogen (secondary N) is 1. The predicted octanol–water partition coefficient (Wildman–Crippen LogP) is 1.75. The molecule has 0 fully saturated rings. The molecule has 0 aliphatic carbocycles. The molecule has 0 spiro atoms. The number of carbonyl (C=O) groups is 1. The van der Waals surface area contributed by atoms with Crippen LogP contribution in [0.2, 0.25) is 0 Å². The Hall–Kier alpha value is -1.57. The van der Waals surface area contributed by atoms with Crippen LogP contribution in [0.1, 0.15) is 11.1 Å². The van der Waals surface area contributed by atoms with Gasteiger partial charge >= 0.3 is 0 Å². The van der Waals surface area contributed by atoms with Crippen LogP contribution in [-0.4, -0.2) is 13.0 Å². The first-order valence-corrected chi connectivity index (χ1v) is 4.19. The molecule has 13 heavy (non-hydrogen) atoms. The van der Waals surface area contributed by atoms with Crippen LogP contribution in [-0.2, 0) is 4.79 Å². The molecule has 0 saturated heterocycles. The summed E-state index contributed by atoms with van der Waals surface area (Å²) < 4.78 is 0. The van der Waals surface area contributed by atoms with Crippen molar-refractivity contribution in [1.29, 1.82) is 0 Å². The molecule has 0 unspecified atom stereocenters. The van der Waals surface area contributed by atoms with Gasteiger partial charge in [-0.1, -0.05) is 24.3 Å². The first-order chi connectivity index (χ1) is 6.24. The highest BCUT2D eigenvalue weighted by Gasteiger charge is 1.92. The van der Waals surface area contributed by atoms with Crippen molar-refractivity contribution < 1.29 is 4.79 Å². The van der Waals surface area contributed by atoms with Gasteiger partial charge in [-0.2, -0.15) is 0 Å². The summed E-state index contributed by atoms with van der Waals surface area (Å²) in [7, 11) is 1.62. The molecule has 1 amide bonds. The lowest BCUT2D eigenvalue weighted by atomic mass is 10.1. The highest BCUT2D eigenvalue weighted by atomic mass is 16.1.